The smallest absolute Gasteiger partial charge is 0.268 e. The van der Waals surface area contributed by atoms with Gasteiger partial charge >= 0.3 is 0 Å². The summed E-state index contributed by atoms with van der Waals surface area (Å²) in [5, 5.41) is 4.03. The van der Waals surface area contributed by atoms with Gasteiger partial charge in [-0.1, -0.05) is 17.0 Å². The van der Waals surface area contributed by atoms with Crippen molar-refractivity contribution in [2.75, 3.05) is 6.61 Å². The Labute approximate surface area is 162 Å². The van der Waals surface area contributed by atoms with E-state index in [1.807, 2.05) is 43.5 Å². The van der Waals surface area contributed by atoms with E-state index >= 15 is 0 Å². The second-order valence-electron chi connectivity index (χ2n) is 6.87. The maximum absolute atomic E-state index is 11.5. The quantitative estimate of drug-likeness (QED) is 0.694. The van der Waals surface area contributed by atoms with Crippen molar-refractivity contribution in [3.05, 3.63) is 52.7 Å². The molecule has 2 N–H and O–H groups in total. The Morgan fingerprint density at radius 2 is 2.14 bits per heavy atom. The van der Waals surface area contributed by atoms with Crippen LogP contribution in [0.3, 0.4) is 0 Å². The molecule has 0 saturated carbocycles. The summed E-state index contributed by atoms with van der Waals surface area (Å²) in [4.78, 5) is 15.9. The van der Waals surface area contributed by atoms with Gasteiger partial charge in [-0.05, 0) is 38.5 Å². The third-order valence-electron chi connectivity index (χ3n) is 4.70. The van der Waals surface area contributed by atoms with E-state index < -0.39 is 5.91 Å². The van der Waals surface area contributed by atoms with Crippen LogP contribution in [-0.4, -0.2) is 27.2 Å². The lowest BCUT2D eigenvalue weighted by molar-refractivity contribution is 0.0996. The fourth-order valence-corrected chi connectivity index (χ4v) is 3.13. The minimum absolute atomic E-state index is 0.0599. The highest BCUT2D eigenvalue weighted by atomic mass is 16.5. The molecule has 1 amide bonds. The first-order chi connectivity index (χ1) is 13.4. The summed E-state index contributed by atoms with van der Waals surface area (Å²) in [5.74, 6) is 8.00. The van der Waals surface area contributed by atoms with Crippen molar-refractivity contribution in [2.24, 2.45) is 5.73 Å². The van der Waals surface area contributed by atoms with Crippen LogP contribution in [0, 0.1) is 25.7 Å². The molecule has 0 radical (unpaired) electrons. The van der Waals surface area contributed by atoms with Gasteiger partial charge in [0.05, 0.1) is 23.7 Å². The number of nitrogens with two attached hydrogens (primary N) is 1. The zero-order valence-corrected chi connectivity index (χ0v) is 15.9. The van der Waals surface area contributed by atoms with E-state index in [4.69, 9.17) is 15.0 Å². The zero-order chi connectivity index (χ0) is 19.8. The van der Waals surface area contributed by atoms with Gasteiger partial charge in [0.15, 0.2) is 0 Å². The predicted octanol–water partition coefficient (Wildman–Crippen LogP) is 2.80. The summed E-state index contributed by atoms with van der Waals surface area (Å²) in [7, 11) is 0. The van der Waals surface area contributed by atoms with Crippen molar-refractivity contribution in [3.63, 3.8) is 0 Å². The zero-order valence-electron chi connectivity index (χ0n) is 15.9. The van der Waals surface area contributed by atoms with Crippen LogP contribution in [0.25, 0.3) is 11.4 Å². The summed E-state index contributed by atoms with van der Waals surface area (Å²) < 4.78 is 12.9. The predicted molar refractivity (Wildman–Crippen MR) is 103 cm³/mol. The number of rotatable bonds is 2. The molecule has 0 aliphatic carbocycles. The Balaban J connectivity index is 1.75. The largest absolute Gasteiger partial charge is 0.491 e. The monoisotopic (exact) mass is 376 g/mol. The first kappa shape index (κ1) is 17.9. The molecule has 0 bridgehead atoms. The molecule has 1 aliphatic rings. The molecule has 4 rings (SSSR count). The van der Waals surface area contributed by atoms with Crippen LogP contribution >= 0.6 is 0 Å². The van der Waals surface area contributed by atoms with Crippen molar-refractivity contribution in [1.29, 1.82) is 0 Å². The molecule has 0 saturated heterocycles. The average Bonchev–Trinajstić information content (AvgIpc) is 3.24. The fourth-order valence-electron chi connectivity index (χ4n) is 3.13. The van der Waals surface area contributed by atoms with Gasteiger partial charge in [-0.25, -0.2) is 4.98 Å². The number of nitrogens with zero attached hydrogens (tertiary/aromatic N) is 3. The lowest BCUT2D eigenvalue weighted by Crippen LogP contribution is -2.11. The minimum Gasteiger partial charge on any atom is -0.491 e. The van der Waals surface area contributed by atoms with Gasteiger partial charge in [-0.15, -0.1) is 0 Å². The molecule has 28 heavy (non-hydrogen) atoms. The van der Waals surface area contributed by atoms with E-state index in [1.54, 1.807) is 6.20 Å². The second kappa shape index (κ2) is 6.89. The highest BCUT2D eigenvalue weighted by molar-refractivity contribution is 5.91. The Hall–Kier alpha value is -3.53. The lowest BCUT2D eigenvalue weighted by atomic mass is 10.0. The number of fused-ring (bicyclic) bond motifs is 3. The summed E-state index contributed by atoms with van der Waals surface area (Å²) in [6, 6.07) is 5.80. The van der Waals surface area contributed by atoms with Crippen LogP contribution in [0.2, 0.25) is 0 Å². The van der Waals surface area contributed by atoms with E-state index in [0.29, 0.717) is 19.0 Å². The van der Waals surface area contributed by atoms with Crippen LogP contribution in [0.4, 0.5) is 0 Å². The number of carbonyl (C=O) groups is 1. The molecule has 7 nitrogen and oxygen atoms in total. The molecule has 1 aliphatic heterocycles. The van der Waals surface area contributed by atoms with Crippen molar-refractivity contribution in [1.82, 2.24) is 14.7 Å². The number of ether oxygens (including phenoxy) is 1. The summed E-state index contributed by atoms with van der Waals surface area (Å²) in [6.07, 6.45) is 1.66. The van der Waals surface area contributed by atoms with E-state index in [9.17, 15) is 4.79 Å². The second-order valence-corrected chi connectivity index (χ2v) is 6.87. The molecule has 1 aromatic carbocycles. The van der Waals surface area contributed by atoms with E-state index in [2.05, 4.69) is 22.0 Å². The van der Waals surface area contributed by atoms with Crippen molar-refractivity contribution in [3.8, 4) is 29.0 Å². The third kappa shape index (κ3) is 3.25. The molecule has 7 heteroatoms. The number of primary amides is 1. The maximum Gasteiger partial charge on any atom is 0.268 e. The third-order valence-corrected chi connectivity index (χ3v) is 4.70. The van der Waals surface area contributed by atoms with Gasteiger partial charge in [0.2, 0.25) is 0 Å². The molecule has 3 heterocycles. The average molecular weight is 376 g/mol. The molecule has 2 aromatic heterocycles. The van der Waals surface area contributed by atoms with Crippen LogP contribution in [-0.2, 0) is 6.54 Å². The van der Waals surface area contributed by atoms with Crippen molar-refractivity contribution < 1.29 is 14.1 Å². The van der Waals surface area contributed by atoms with Crippen LogP contribution in [0.1, 0.15) is 45.9 Å². The van der Waals surface area contributed by atoms with Gasteiger partial charge in [0, 0.05) is 17.8 Å². The number of benzene rings is 1. The minimum atomic E-state index is -0.549. The number of aromatic nitrogens is 3. The number of carbonyl (C=O) groups excluding carboxylic acids is 1. The molecule has 142 valence electrons. The number of aryl methyl sites for hydroxylation is 2. The normalized spacial score (nSPS) is 13.4. The SMILES string of the molecule is Cc1cc(C(C)C#Cc2cc3c(cc2C)OCCn2cc(C(N)=O)nc2-3)no1. The van der Waals surface area contributed by atoms with E-state index in [-0.39, 0.29) is 11.6 Å². The van der Waals surface area contributed by atoms with Crippen molar-refractivity contribution in [2.45, 2.75) is 33.2 Å². The molecular formula is C21H20N4O3. The number of hydrogen-bond acceptors (Lipinski definition) is 5. The molecule has 0 spiro atoms. The van der Waals surface area contributed by atoms with Gasteiger partial charge < -0.3 is 19.6 Å². The van der Waals surface area contributed by atoms with Gasteiger partial charge in [0.1, 0.15) is 29.6 Å². The number of amides is 1. The standard InChI is InChI=1S/C21H20N4O3/c1-12(17-9-14(3)28-24-17)4-5-15-10-16-19(8-13(15)2)27-7-6-25-11-18(20(22)26)23-21(16)25/h8-12H,6-7H2,1-3H3,(H2,22,26). The first-order valence-electron chi connectivity index (χ1n) is 9.02. The topological polar surface area (TPSA) is 96.2 Å². The van der Waals surface area contributed by atoms with Crippen molar-refractivity contribution >= 4 is 5.91 Å². The lowest BCUT2D eigenvalue weighted by Gasteiger charge is -2.09. The summed E-state index contributed by atoms with van der Waals surface area (Å²) >= 11 is 0. The maximum atomic E-state index is 11.5. The molecular weight excluding hydrogens is 356 g/mol. The Morgan fingerprint density at radius 3 is 2.86 bits per heavy atom. The highest BCUT2D eigenvalue weighted by Gasteiger charge is 2.21. The molecule has 1 atom stereocenters. The number of imidazole rings is 1. The molecule has 0 fully saturated rings. The summed E-state index contributed by atoms with van der Waals surface area (Å²) in [6.45, 7) is 6.91. The van der Waals surface area contributed by atoms with E-state index in [0.717, 1.165) is 33.9 Å². The molecule has 1 unspecified atom stereocenters. The Morgan fingerprint density at radius 1 is 1.32 bits per heavy atom. The van der Waals surface area contributed by atoms with Gasteiger partial charge in [0.25, 0.3) is 5.91 Å². The fraction of sp³-hybridized carbons (Fsp3) is 0.286. The van der Waals surface area contributed by atoms with Gasteiger partial charge in [-0.2, -0.15) is 0 Å². The van der Waals surface area contributed by atoms with Crippen LogP contribution in [0.15, 0.2) is 28.9 Å². The van der Waals surface area contributed by atoms with Crippen LogP contribution in [0.5, 0.6) is 5.75 Å². The Bertz CT molecular complexity index is 1130. The molecule has 3 aromatic rings. The summed E-state index contributed by atoms with van der Waals surface area (Å²) in [5.41, 5.74) is 9.11. The van der Waals surface area contributed by atoms with E-state index in [1.165, 1.54) is 0 Å². The van der Waals surface area contributed by atoms with Gasteiger partial charge in [-0.3, -0.25) is 4.79 Å². The Kier molecular flexibility index (Phi) is 4.40. The van der Waals surface area contributed by atoms with Crippen LogP contribution < -0.4 is 10.5 Å². The number of hydrogen-bond donors (Lipinski definition) is 1. The first-order valence-corrected chi connectivity index (χ1v) is 9.02. The highest BCUT2D eigenvalue weighted by Crippen LogP contribution is 2.34.